The third-order valence-electron chi connectivity index (χ3n) is 2.42. The molecule has 1 nitrogen and oxygen atoms in total. The van der Waals surface area contributed by atoms with Crippen molar-refractivity contribution >= 4 is 11.3 Å². The minimum absolute atomic E-state index is 0.377. The van der Waals surface area contributed by atoms with Crippen LogP contribution < -0.4 is 5.73 Å². The van der Waals surface area contributed by atoms with Gasteiger partial charge in [0.2, 0.25) is 0 Å². The van der Waals surface area contributed by atoms with Crippen LogP contribution in [0.1, 0.15) is 24.1 Å². The Kier molecular flexibility index (Phi) is 1.74. The molecule has 0 saturated heterocycles. The fourth-order valence-corrected chi connectivity index (χ4v) is 2.54. The number of nitrogens with two attached hydrogens (primary N) is 1. The van der Waals surface area contributed by atoms with E-state index in [1.807, 2.05) is 11.3 Å². The molecule has 0 unspecified atom stereocenters. The summed E-state index contributed by atoms with van der Waals surface area (Å²) in [6.07, 6.45) is 1.30. The van der Waals surface area contributed by atoms with E-state index in [0.29, 0.717) is 6.04 Å². The van der Waals surface area contributed by atoms with Crippen LogP contribution in [0.25, 0.3) is 0 Å². The maximum absolute atomic E-state index is 5.80. The van der Waals surface area contributed by atoms with Gasteiger partial charge >= 0.3 is 0 Å². The van der Waals surface area contributed by atoms with Crippen molar-refractivity contribution in [3.63, 3.8) is 0 Å². The highest BCUT2D eigenvalue weighted by atomic mass is 32.1. The molecule has 1 fully saturated rings. The second kappa shape index (κ2) is 2.61. The van der Waals surface area contributed by atoms with Crippen LogP contribution in [0.3, 0.4) is 0 Å². The average Bonchev–Trinajstić information content (AvgIpc) is 2.60. The summed E-state index contributed by atoms with van der Waals surface area (Å²) in [7, 11) is 0. The molecule has 1 aromatic heterocycles. The molecule has 1 aromatic rings. The Bertz CT molecular complexity index is 228. The Hall–Kier alpha value is -0.340. The first-order chi connectivity index (χ1) is 5.29. The van der Waals surface area contributed by atoms with Crippen LogP contribution in [0.2, 0.25) is 0 Å². The lowest BCUT2D eigenvalue weighted by Gasteiger charge is -2.00. The molecule has 1 saturated carbocycles. The fourth-order valence-electron chi connectivity index (χ4n) is 1.63. The minimum Gasteiger partial charge on any atom is -0.328 e. The summed E-state index contributed by atoms with van der Waals surface area (Å²) in [5.41, 5.74) is 5.80. The lowest BCUT2D eigenvalue weighted by atomic mass is 10.2. The largest absolute Gasteiger partial charge is 0.328 e. The Balaban J connectivity index is 2.02. The van der Waals surface area contributed by atoms with Crippen molar-refractivity contribution in [1.82, 2.24) is 0 Å². The second-order valence-corrected chi connectivity index (χ2v) is 4.36. The van der Waals surface area contributed by atoms with Crippen LogP contribution >= 0.6 is 11.3 Å². The first-order valence-electron chi connectivity index (χ1n) is 4.08. The topological polar surface area (TPSA) is 26.0 Å². The van der Waals surface area contributed by atoms with Gasteiger partial charge in [0.05, 0.1) is 0 Å². The van der Waals surface area contributed by atoms with Gasteiger partial charge in [0, 0.05) is 10.9 Å². The summed E-state index contributed by atoms with van der Waals surface area (Å²) < 4.78 is 0. The highest BCUT2D eigenvalue weighted by molar-refractivity contribution is 7.10. The number of thiophene rings is 1. The Morgan fingerprint density at radius 3 is 3.00 bits per heavy atom. The quantitative estimate of drug-likeness (QED) is 0.718. The van der Waals surface area contributed by atoms with Gasteiger partial charge in [-0.3, -0.25) is 0 Å². The molecule has 0 aliphatic heterocycles. The standard InChI is InChI=1S/C9H13NS/c1-6(10)7-5-8(7)9-3-2-4-11-9/h2-4,6-8H,5,10H2,1H3/t6-,7+,8+/m1/s1. The van der Waals surface area contributed by atoms with Gasteiger partial charge in [0.25, 0.3) is 0 Å². The zero-order valence-electron chi connectivity index (χ0n) is 6.66. The van der Waals surface area contributed by atoms with E-state index >= 15 is 0 Å². The predicted molar refractivity (Wildman–Crippen MR) is 48.8 cm³/mol. The zero-order chi connectivity index (χ0) is 7.84. The number of rotatable bonds is 2. The van der Waals surface area contributed by atoms with Crippen molar-refractivity contribution in [1.29, 1.82) is 0 Å². The summed E-state index contributed by atoms with van der Waals surface area (Å²) in [4.78, 5) is 1.52. The monoisotopic (exact) mass is 167 g/mol. The Labute approximate surface area is 71.2 Å². The zero-order valence-corrected chi connectivity index (χ0v) is 7.47. The van der Waals surface area contributed by atoms with Crippen LogP contribution in [0.5, 0.6) is 0 Å². The normalized spacial score (nSPS) is 31.8. The molecule has 0 amide bonds. The van der Waals surface area contributed by atoms with Gasteiger partial charge < -0.3 is 5.73 Å². The van der Waals surface area contributed by atoms with E-state index in [1.165, 1.54) is 11.3 Å². The third-order valence-corrected chi connectivity index (χ3v) is 3.43. The van der Waals surface area contributed by atoms with Gasteiger partial charge in [0.15, 0.2) is 0 Å². The molecule has 2 heteroatoms. The van der Waals surface area contributed by atoms with E-state index < -0.39 is 0 Å². The van der Waals surface area contributed by atoms with Gasteiger partial charge in [-0.1, -0.05) is 6.07 Å². The molecular formula is C9H13NS. The first-order valence-corrected chi connectivity index (χ1v) is 4.96. The van der Waals surface area contributed by atoms with Crippen LogP contribution in [-0.2, 0) is 0 Å². The average molecular weight is 167 g/mol. The molecule has 11 heavy (non-hydrogen) atoms. The number of hydrogen-bond acceptors (Lipinski definition) is 2. The molecule has 1 aliphatic rings. The third kappa shape index (κ3) is 1.33. The van der Waals surface area contributed by atoms with Crippen molar-refractivity contribution in [2.75, 3.05) is 0 Å². The molecule has 2 N–H and O–H groups in total. The molecule has 0 spiro atoms. The maximum atomic E-state index is 5.80. The van der Waals surface area contributed by atoms with E-state index in [2.05, 4.69) is 24.4 Å². The summed E-state index contributed by atoms with van der Waals surface area (Å²) in [6.45, 7) is 2.11. The van der Waals surface area contributed by atoms with Crippen LogP contribution in [0.15, 0.2) is 17.5 Å². The maximum Gasteiger partial charge on any atom is 0.00796 e. The van der Waals surface area contributed by atoms with Crippen molar-refractivity contribution in [3.05, 3.63) is 22.4 Å². The molecule has 0 bridgehead atoms. The number of hydrogen-bond donors (Lipinski definition) is 1. The fraction of sp³-hybridized carbons (Fsp3) is 0.556. The first kappa shape index (κ1) is 7.32. The van der Waals surface area contributed by atoms with Gasteiger partial charge in [-0.25, -0.2) is 0 Å². The van der Waals surface area contributed by atoms with Crippen LogP contribution in [0, 0.1) is 5.92 Å². The van der Waals surface area contributed by atoms with Gasteiger partial charge in [-0.15, -0.1) is 11.3 Å². The molecule has 0 radical (unpaired) electrons. The highest BCUT2D eigenvalue weighted by Crippen LogP contribution is 2.50. The molecule has 2 rings (SSSR count). The van der Waals surface area contributed by atoms with E-state index in [9.17, 15) is 0 Å². The van der Waals surface area contributed by atoms with Gasteiger partial charge in [-0.2, -0.15) is 0 Å². The molecular weight excluding hydrogens is 154 g/mol. The van der Waals surface area contributed by atoms with Crippen molar-refractivity contribution in [2.24, 2.45) is 11.7 Å². The van der Waals surface area contributed by atoms with Crippen LogP contribution in [-0.4, -0.2) is 6.04 Å². The van der Waals surface area contributed by atoms with E-state index in [4.69, 9.17) is 5.73 Å². The summed E-state index contributed by atoms with van der Waals surface area (Å²) >= 11 is 1.86. The molecule has 3 atom stereocenters. The molecule has 60 valence electrons. The molecule has 1 heterocycles. The Morgan fingerprint density at radius 2 is 2.55 bits per heavy atom. The summed E-state index contributed by atoms with van der Waals surface area (Å²) in [5.74, 6) is 1.55. The van der Waals surface area contributed by atoms with Gasteiger partial charge in [-0.05, 0) is 36.6 Å². The summed E-state index contributed by atoms with van der Waals surface area (Å²) in [6, 6.07) is 4.72. The highest BCUT2D eigenvalue weighted by Gasteiger charge is 2.41. The Morgan fingerprint density at radius 1 is 1.73 bits per heavy atom. The van der Waals surface area contributed by atoms with Crippen LogP contribution in [0.4, 0.5) is 0 Å². The van der Waals surface area contributed by atoms with Crippen molar-refractivity contribution in [3.8, 4) is 0 Å². The van der Waals surface area contributed by atoms with E-state index in [1.54, 1.807) is 0 Å². The second-order valence-electron chi connectivity index (χ2n) is 3.38. The molecule has 0 aromatic carbocycles. The molecule has 1 aliphatic carbocycles. The lowest BCUT2D eigenvalue weighted by Crippen LogP contribution is -2.17. The summed E-state index contributed by atoms with van der Waals surface area (Å²) in [5, 5.41) is 2.14. The minimum atomic E-state index is 0.377. The van der Waals surface area contributed by atoms with E-state index in [0.717, 1.165) is 11.8 Å². The smallest absolute Gasteiger partial charge is 0.00796 e. The van der Waals surface area contributed by atoms with Gasteiger partial charge in [0.1, 0.15) is 0 Å². The SMILES string of the molecule is C[C@@H](N)[C@@H]1C[C@@H]1c1cccs1. The lowest BCUT2D eigenvalue weighted by molar-refractivity contribution is 0.633. The van der Waals surface area contributed by atoms with Crippen molar-refractivity contribution < 1.29 is 0 Å². The van der Waals surface area contributed by atoms with Crippen molar-refractivity contribution in [2.45, 2.75) is 25.3 Å². The van der Waals surface area contributed by atoms with E-state index in [-0.39, 0.29) is 0 Å². The predicted octanol–water partition coefficient (Wildman–Crippen LogP) is 2.20.